The van der Waals surface area contributed by atoms with Gasteiger partial charge in [-0.05, 0) is 30.5 Å². The van der Waals surface area contributed by atoms with Crippen LogP contribution in [0, 0.1) is 5.92 Å². The van der Waals surface area contributed by atoms with E-state index in [0.717, 1.165) is 6.42 Å². The van der Waals surface area contributed by atoms with Gasteiger partial charge in [0.25, 0.3) is 5.91 Å². The molecule has 1 heterocycles. The van der Waals surface area contributed by atoms with E-state index < -0.39 is 0 Å². The summed E-state index contributed by atoms with van der Waals surface area (Å²) < 4.78 is 0. The lowest BCUT2D eigenvalue weighted by Crippen LogP contribution is -2.43. The SMILES string of the molecule is CC1CCN(C(=O)c2ccc(O)c(Cl)c2)CC1Cl. The van der Waals surface area contributed by atoms with E-state index in [-0.39, 0.29) is 22.1 Å². The first kappa shape index (κ1) is 13.5. The van der Waals surface area contributed by atoms with E-state index in [9.17, 15) is 9.90 Å². The Balaban J connectivity index is 2.14. The van der Waals surface area contributed by atoms with Crippen molar-refractivity contribution in [1.82, 2.24) is 4.90 Å². The third-order valence-corrected chi connectivity index (χ3v) is 4.22. The summed E-state index contributed by atoms with van der Waals surface area (Å²) in [7, 11) is 0. The molecule has 18 heavy (non-hydrogen) atoms. The zero-order valence-corrected chi connectivity index (χ0v) is 11.6. The van der Waals surface area contributed by atoms with Gasteiger partial charge < -0.3 is 10.0 Å². The van der Waals surface area contributed by atoms with Gasteiger partial charge in [-0.1, -0.05) is 18.5 Å². The zero-order chi connectivity index (χ0) is 13.3. The maximum absolute atomic E-state index is 12.2. The number of aromatic hydroxyl groups is 1. The number of hydrogen-bond donors (Lipinski definition) is 1. The molecule has 0 aliphatic carbocycles. The molecule has 2 atom stereocenters. The van der Waals surface area contributed by atoms with Crippen LogP contribution < -0.4 is 0 Å². The van der Waals surface area contributed by atoms with Gasteiger partial charge in [0.2, 0.25) is 0 Å². The quantitative estimate of drug-likeness (QED) is 0.806. The Morgan fingerprint density at radius 2 is 2.22 bits per heavy atom. The number of carbonyl (C=O) groups excluding carboxylic acids is 1. The Morgan fingerprint density at radius 3 is 2.83 bits per heavy atom. The Labute approximate surface area is 116 Å². The van der Waals surface area contributed by atoms with E-state index in [1.54, 1.807) is 11.0 Å². The fraction of sp³-hybridized carbons (Fsp3) is 0.462. The van der Waals surface area contributed by atoms with Crippen molar-refractivity contribution in [3.8, 4) is 5.75 Å². The largest absolute Gasteiger partial charge is 0.506 e. The van der Waals surface area contributed by atoms with Crippen molar-refractivity contribution in [3.63, 3.8) is 0 Å². The summed E-state index contributed by atoms with van der Waals surface area (Å²) in [6, 6.07) is 4.49. The van der Waals surface area contributed by atoms with Crippen LogP contribution in [0.3, 0.4) is 0 Å². The van der Waals surface area contributed by atoms with Crippen LogP contribution in [0.2, 0.25) is 5.02 Å². The van der Waals surface area contributed by atoms with Crippen molar-refractivity contribution in [2.45, 2.75) is 18.7 Å². The van der Waals surface area contributed by atoms with Gasteiger partial charge in [0.05, 0.1) is 10.4 Å². The highest BCUT2D eigenvalue weighted by molar-refractivity contribution is 6.32. The Kier molecular flexibility index (Phi) is 4.03. The van der Waals surface area contributed by atoms with Gasteiger partial charge in [0.1, 0.15) is 5.75 Å². The highest BCUT2D eigenvalue weighted by Crippen LogP contribution is 2.26. The van der Waals surface area contributed by atoms with E-state index >= 15 is 0 Å². The second kappa shape index (κ2) is 5.37. The van der Waals surface area contributed by atoms with E-state index in [1.807, 2.05) is 0 Å². The normalized spacial score (nSPS) is 24.1. The molecule has 0 radical (unpaired) electrons. The topological polar surface area (TPSA) is 40.5 Å². The molecule has 1 aromatic rings. The highest BCUT2D eigenvalue weighted by atomic mass is 35.5. The average molecular weight is 288 g/mol. The van der Waals surface area contributed by atoms with Crippen LogP contribution in [0.15, 0.2) is 18.2 Å². The molecular formula is C13H15Cl2NO2. The number of benzene rings is 1. The van der Waals surface area contributed by atoms with Crippen LogP contribution >= 0.6 is 23.2 Å². The molecule has 1 N–H and O–H groups in total. The number of phenolic OH excluding ortho intramolecular Hbond substituents is 1. The van der Waals surface area contributed by atoms with Crippen LogP contribution in [0.1, 0.15) is 23.7 Å². The number of amides is 1. The Hall–Kier alpha value is -0.930. The van der Waals surface area contributed by atoms with Crippen molar-refractivity contribution in [3.05, 3.63) is 28.8 Å². The first-order chi connectivity index (χ1) is 8.49. The molecule has 1 aromatic carbocycles. The van der Waals surface area contributed by atoms with Crippen molar-refractivity contribution >= 4 is 29.1 Å². The van der Waals surface area contributed by atoms with Gasteiger partial charge in [-0.2, -0.15) is 0 Å². The number of hydrogen-bond acceptors (Lipinski definition) is 2. The smallest absolute Gasteiger partial charge is 0.253 e. The number of piperidine rings is 1. The average Bonchev–Trinajstić information content (AvgIpc) is 2.35. The second-order valence-corrected chi connectivity index (χ2v) is 5.67. The molecule has 1 aliphatic rings. The first-order valence-electron chi connectivity index (χ1n) is 5.91. The molecule has 0 spiro atoms. The maximum Gasteiger partial charge on any atom is 0.253 e. The lowest BCUT2D eigenvalue weighted by Gasteiger charge is -2.34. The maximum atomic E-state index is 12.2. The lowest BCUT2D eigenvalue weighted by atomic mass is 9.98. The summed E-state index contributed by atoms with van der Waals surface area (Å²) >= 11 is 12.0. The second-order valence-electron chi connectivity index (χ2n) is 4.70. The predicted molar refractivity (Wildman–Crippen MR) is 72.4 cm³/mol. The lowest BCUT2D eigenvalue weighted by molar-refractivity contribution is 0.0701. The number of likely N-dealkylation sites (tertiary alicyclic amines) is 1. The van der Waals surface area contributed by atoms with Crippen molar-refractivity contribution in [2.24, 2.45) is 5.92 Å². The third-order valence-electron chi connectivity index (χ3n) is 3.35. The Morgan fingerprint density at radius 1 is 1.50 bits per heavy atom. The zero-order valence-electron chi connectivity index (χ0n) is 10.1. The number of alkyl halides is 1. The molecule has 1 amide bonds. The van der Waals surface area contributed by atoms with Gasteiger partial charge >= 0.3 is 0 Å². The van der Waals surface area contributed by atoms with Crippen LogP contribution in [-0.2, 0) is 0 Å². The fourth-order valence-corrected chi connectivity index (χ4v) is 2.50. The molecular weight excluding hydrogens is 273 g/mol. The molecule has 3 nitrogen and oxygen atoms in total. The minimum Gasteiger partial charge on any atom is -0.506 e. The molecule has 5 heteroatoms. The standard InChI is InChI=1S/C13H15Cl2NO2/c1-8-4-5-16(7-11(8)15)13(18)9-2-3-12(17)10(14)6-9/h2-3,6,8,11,17H,4-5,7H2,1H3. The molecule has 2 rings (SSSR count). The summed E-state index contributed by atoms with van der Waals surface area (Å²) in [5, 5.41) is 9.52. The summed E-state index contributed by atoms with van der Waals surface area (Å²) in [6.07, 6.45) is 0.908. The predicted octanol–water partition coefficient (Wildman–Crippen LogP) is 3.14. The van der Waals surface area contributed by atoms with Gasteiger partial charge in [0, 0.05) is 18.7 Å². The van der Waals surface area contributed by atoms with Crippen molar-refractivity contribution in [1.29, 1.82) is 0 Å². The fourth-order valence-electron chi connectivity index (χ4n) is 2.03. The molecule has 1 saturated heterocycles. The van der Waals surface area contributed by atoms with Gasteiger partial charge in [-0.3, -0.25) is 4.79 Å². The van der Waals surface area contributed by atoms with E-state index in [4.69, 9.17) is 23.2 Å². The third kappa shape index (κ3) is 2.73. The molecule has 1 fully saturated rings. The summed E-state index contributed by atoms with van der Waals surface area (Å²) in [6.45, 7) is 3.36. The molecule has 0 saturated carbocycles. The molecule has 1 aliphatic heterocycles. The number of carbonyl (C=O) groups is 1. The number of nitrogens with zero attached hydrogens (tertiary/aromatic N) is 1. The molecule has 0 bridgehead atoms. The van der Waals surface area contributed by atoms with Gasteiger partial charge in [-0.25, -0.2) is 0 Å². The molecule has 0 aromatic heterocycles. The molecule has 98 valence electrons. The van der Waals surface area contributed by atoms with Gasteiger partial charge in [-0.15, -0.1) is 11.6 Å². The minimum atomic E-state index is -0.0885. The van der Waals surface area contributed by atoms with Crippen LogP contribution in [0.4, 0.5) is 0 Å². The van der Waals surface area contributed by atoms with Crippen LogP contribution in [-0.4, -0.2) is 34.4 Å². The monoisotopic (exact) mass is 287 g/mol. The summed E-state index contributed by atoms with van der Waals surface area (Å²) in [5.41, 5.74) is 0.483. The number of halogens is 2. The van der Waals surface area contributed by atoms with E-state index in [2.05, 4.69) is 6.92 Å². The number of rotatable bonds is 1. The summed E-state index contributed by atoms with van der Waals surface area (Å²) in [4.78, 5) is 14.0. The van der Waals surface area contributed by atoms with Crippen LogP contribution in [0.5, 0.6) is 5.75 Å². The molecule has 2 unspecified atom stereocenters. The first-order valence-corrected chi connectivity index (χ1v) is 6.72. The summed E-state index contributed by atoms with van der Waals surface area (Å²) in [5.74, 6) is 0.323. The number of phenols is 1. The van der Waals surface area contributed by atoms with Crippen LogP contribution in [0.25, 0.3) is 0 Å². The minimum absolute atomic E-state index is 0.00436. The van der Waals surface area contributed by atoms with Gasteiger partial charge in [0.15, 0.2) is 0 Å². The van der Waals surface area contributed by atoms with E-state index in [0.29, 0.717) is 24.6 Å². The highest BCUT2D eigenvalue weighted by Gasteiger charge is 2.28. The van der Waals surface area contributed by atoms with Crippen molar-refractivity contribution < 1.29 is 9.90 Å². The Bertz CT molecular complexity index is 464. The van der Waals surface area contributed by atoms with E-state index in [1.165, 1.54) is 12.1 Å². The van der Waals surface area contributed by atoms with Crippen molar-refractivity contribution in [2.75, 3.05) is 13.1 Å².